The normalized spacial score (nSPS) is 13.9. The fraction of sp³-hybridized carbons (Fsp3) is 0.611. The fourth-order valence-corrected chi connectivity index (χ4v) is 2.54. The molecule has 0 aromatic rings. The van der Waals surface area contributed by atoms with Gasteiger partial charge >= 0.3 is 11.9 Å². The monoisotopic (exact) mass is 488 g/mol. The van der Waals surface area contributed by atoms with Crippen molar-refractivity contribution in [1.29, 1.82) is 0 Å². The maximum Gasteiger partial charge on any atom is 0.326 e. The minimum absolute atomic E-state index is 0.114. The molecule has 0 rings (SSSR count). The van der Waals surface area contributed by atoms with E-state index in [0.717, 1.165) is 0 Å². The van der Waals surface area contributed by atoms with Crippen molar-refractivity contribution in [2.75, 3.05) is 6.54 Å². The molecule has 0 heterocycles. The third-order valence-corrected chi connectivity index (χ3v) is 4.36. The molecular weight excluding hydrogens is 456 g/mol. The average Bonchev–Trinajstić information content (AvgIpc) is 2.72. The van der Waals surface area contributed by atoms with Crippen molar-refractivity contribution in [3.63, 3.8) is 0 Å². The molecule has 0 bridgehead atoms. The van der Waals surface area contributed by atoms with E-state index in [-0.39, 0.29) is 31.8 Å². The molecule has 4 unspecified atom stereocenters. The van der Waals surface area contributed by atoms with Gasteiger partial charge in [-0.05, 0) is 26.2 Å². The highest BCUT2D eigenvalue weighted by Gasteiger charge is 2.29. The van der Waals surface area contributed by atoms with Crippen molar-refractivity contribution in [2.24, 2.45) is 27.9 Å². The number of amides is 4. The number of carboxylic acid groups (broad SMARTS) is 2. The third kappa shape index (κ3) is 12.8. The van der Waals surface area contributed by atoms with Crippen LogP contribution in [0.15, 0.2) is 4.99 Å². The predicted octanol–water partition coefficient (Wildman–Crippen LogP) is -4.33. The van der Waals surface area contributed by atoms with E-state index in [0.29, 0.717) is 6.42 Å². The quantitative estimate of drug-likeness (QED) is 0.0568. The van der Waals surface area contributed by atoms with Gasteiger partial charge in [0.15, 0.2) is 5.96 Å². The SMILES string of the molecule is CC(NC(=O)C(CCC(N)=O)NC(=O)C(N)CCCN=C(N)N)C(=O)NC(CC(=O)O)C(=O)O. The van der Waals surface area contributed by atoms with Crippen molar-refractivity contribution >= 4 is 41.5 Å². The van der Waals surface area contributed by atoms with Gasteiger partial charge in [-0.15, -0.1) is 0 Å². The number of hydrogen-bond acceptors (Lipinski definition) is 8. The minimum atomic E-state index is -1.72. The third-order valence-electron chi connectivity index (χ3n) is 4.36. The lowest BCUT2D eigenvalue weighted by Gasteiger charge is -2.23. The summed E-state index contributed by atoms with van der Waals surface area (Å²) in [6, 6.07) is -5.32. The lowest BCUT2D eigenvalue weighted by molar-refractivity contribution is -0.147. The number of carbonyl (C=O) groups is 6. The van der Waals surface area contributed by atoms with Crippen molar-refractivity contribution in [3.8, 4) is 0 Å². The van der Waals surface area contributed by atoms with Crippen LogP contribution in [0, 0.1) is 0 Å². The lowest BCUT2D eigenvalue weighted by atomic mass is 10.1. The van der Waals surface area contributed by atoms with E-state index in [9.17, 15) is 28.8 Å². The summed E-state index contributed by atoms with van der Waals surface area (Å²) < 4.78 is 0. The number of aliphatic carboxylic acids is 2. The van der Waals surface area contributed by atoms with Crippen LogP contribution in [0.1, 0.15) is 39.0 Å². The van der Waals surface area contributed by atoms with Gasteiger partial charge in [0.05, 0.1) is 12.5 Å². The van der Waals surface area contributed by atoms with Gasteiger partial charge in [0.2, 0.25) is 23.6 Å². The molecule has 0 aromatic carbocycles. The smallest absolute Gasteiger partial charge is 0.326 e. The summed E-state index contributed by atoms with van der Waals surface area (Å²) in [6.45, 7) is 1.45. The van der Waals surface area contributed by atoms with Gasteiger partial charge in [-0.3, -0.25) is 29.0 Å². The molecule has 0 aromatic heterocycles. The molecule has 0 aliphatic rings. The molecule has 0 spiro atoms. The fourth-order valence-electron chi connectivity index (χ4n) is 2.54. The van der Waals surface area contributed by atoms with E-state index < -0.39 is 66.2 Å². The summed E-state index contributed by atoms with van der Waals surface area (Å²) in [6.07, 6.45) is -0.772. The molecule has 34 heavy (non-hydrogen) atoms. The van der Waals surface area contributed by atoms with Crippen LogP contribution in [-0.4, -0.2) is 82.5 Å². The number of rotatable bonds is 16. The van der Waals surface area contributed by atoms with Crippen LogP contribution < -0.4 is 38.9 Å². The Morgan fingerprint density at radius 1 is 0.853 bits per heavy atom. The van der Waals surface area contributed by atoms with E-state index in [1.54, 1.807) is 0 Å². The first-order valence-electron chi connectivity index (χ1n) is 10.2. The molecule has 4 amide bonds. The first kappa shape index (κ1) is 30.1. The highest BCUT2D eigenvalue weighted by atomic mass is 16.4. The summed E-state index contributed by atoms with van der Waals surface area (Å²) in [5.41, 5.74) is 21.3. The van der Waals surface area contributed by atoms with Gasteiger partial charge in [-0.25, -0.2) is 4.79 Å². The first-order valence-corrected chi connectivity index (χ1v) is 10.2. The van der Waals surface area contributed by atoms with Crippen LogP contribution in [0.2, 0.25) is 0 Å². The second-order valence-electron chi connectivity index (χ2n) is 7.35. The Morgan fingerprint density at radius 3 is 1.94 bits per heavy atom. The maximum absolute atomic E-state index is 12.6. The van der Waals surface area contributed by atoms with Crippen LogP contribution in [0.25, 0.3) is 0 Å². The number of carboxylic acids is 2. The largest absolute Gasteiger partial charge is 0.481 e. The maximum atomic E-state index is 12.6. The molecule has 0 saturated carbocycles. The second-order valence-corrected chi connectivity index (χ2v) is 7.35. The number of aliphatic imine (C=N–C) groups is 1. The standard InChI is InChI=1S/C18H32N8O8/c1-8(14(30)26-11(17(33)34)7-13(28)29)24-16(32)10(4-5-12(20)27)25-15(31)9(19)3-2-6-23-18(21)22/h8-11H,2-7,19H2,1H3,(H2,20,27)(H,24,32)(H,25,31)(H,26,30)(H,28,29)(H,33,34)(H4,21,22,23). The average molecular weight is 489 g/mol. The zero-order chi connectivity index (χ0) is 26.4. The molecule has 13 N–H and O–H groups in total. The Kier molecular flexibility index (Phi) is 13.2. The molecule has 16 nitrogen and oxygen atoms in total. The minimum Gasteiger partial charge on any atom is -0.481 e. The number of hydrogen-bond donors (Lipinski definition) is 9. The van der Waals surface area contributed by atoms with Gasteiger partial charge in [-0.1, -0.05) is 0 Å². The first-order chi connectivity index (χ1) is 15.7. The van der Waals surface area contributed by atoms with Crippen LogP contribution in [0.5, 0.6) is 0 Å². The van der Waals surface area contributed by atoms with E-state index in [4.69, 9.17) is 33.1 Å². The zero-order valence-corrected chi connectivity index (χ0v) is 18.7. The molecule has 4 atom stereocenters. The van der Waals surface area contributed by atoms with Crippen LogP contribution >= 0.6 is 0 Å². The summed E-state index contributed by atoms with van der Waals surface area (Å²) in [5, 5.41) is 24.4. The molecule has 16 heteroatoms. The zero-order valence-electron chi connectivity index (χ0n) is 18.7. The van der Waals surface area contributed by atoms with Gasteiger partial charge in [-0.2, -0.15) is 0 Å². The predicted molar refractivity (Wildman–Crippen MR) is 118 cm³/mol. The summed E-state index contributed by atoms with van der Waals surface area (Å²) in [4.78, 5) is 73.9. The number of nitrogens with zero attached hydrogens (tertiary/aromatic N) is 1. The number of primary amides is 1. The molecule has 0 radical (unpaired) electrons. The highest BCUT2D eigenvalue weighted by Crippen LogP contribution is 2.02. The van der Waals surface area contributed by atoms with Crippen LogP contribution in [0.4, 0.5) is 0 Å². The van der Waals surface area contributed by atoms with Crippen molar-refractivity contribution in [1.82, 2.24) is 16.0 Å². The van der Waals surface area contributed by atoms with Crippen molar-refractivity contribution in [3.05, 3.63) is 0 Å². The summed E-state index contributed by atoms with van der Waals surface area (Å²) in [5.74, 6) is -6.43. The molecule has 0 aliphatic heterocycles. The van der Waals surface area contributed by atoms with Gasteiger partial charge < -0.3 is 49.1 Å². The summed E-state index contributed by atoms with van der Waals surface area (Å²) >= 11 is 0. The van der Waals surface area contributed by atoms with E-state index in [1.165, 1.54) is 6.92 Å². The Labute approximate surface area is 194 Å². The van der Waals surface area contributed by atoms with Crippen molar-refractivity contribution < 1.29 is 39.0 Å². The summed E-state index contributed by atoms with van der Waals surface area (Å²) in [7, 11) is 0. The van der Waals surface area contributed by atoms with Gasteiger partial charge in [0, 0.05) is 13.0 Å². The Hall–Kier alpha value is -3.95. The molecule has 0 aliphatic carbocycles. The van der Waals surface area contributed by atoms with E-state index in [2.05, 4.69) is 15.6 Å². The van der Waals surface area contributed by atoms with Crippen molar-refractivity contribution in [2.45, 2.75) is 63.2 Å². The Morgan fingerprint density at radius 2 is 1.44 bits per heavy atom. The Bertz CT molecular complexity index is 799. The molecule has 192 valence electrons. The molecule has 0 fully saturated rings. The number of guanidine groups is 1. The number of carbonyl (C=O) groups excluding carboxylic acids is 4. The number of nitrogens with two attached hydrogens (primary N) is 4. The van der Waals surface area contributed by atoms with E-state index in [1.807, 2.05) is 5.32 Å². The lowest BCUT2D eigenvalue weighted by Crippen LogP contribution is -2.56. The van der Waals surface area contributed by atoms with Gasteiger partial charge in [0.25, 0.3) is 0 Å². The van der Waals surface area contributed by atoms with Gasteiger partial charge in [0.1, 0.15) is 18.1 Å². The topological polar surface area (TPSA) is 295 Å². The highest BCUT2D eigenvalue weighted by molar-refractivity contribution is 5.94. The Balaban J connectivity index is 5.10. The van der Waals surface area contributed by atoms with E-state index >= 15 is 0 Å². The molecular formula is C18H32N8O8. The van der Waals surface area contributed by atoms with Crippen LogP contribution in [-0.2, 0) is 28.8 Å². The second kappa shape index (κ2) is 15.0. The van der Waals surface area contributed by atoms with Crippen LogP contribution in [0.3, 0.4) is 0 Å². The molecule has 0 saturated heterocycles. The number of nitrogens with one attached hydrogen (secondary N) is 3.